The van der Waals surface area contributed by atoms with Crippen LogP contribution in [0.5, 0.6) is 0 Å². The Labute approximate surface area is 190 Å². The van der Waals surface area contributed by atoms with Gasteiger partial charge in [-0.3, -0.25) is 29.3 Å². The summed E-state index contributed by atoms with van der Waals surface area (Å²) in [6, 6.07) is 13.2. The topological polar surface area (TPSA) is 118 Å². The van der Waals surface area contributed by atoms with Gasteiger partial charge in [-0.05, 0) is 31.2 Å². The molecular weight excluding hydrogens is 426 g/mol. The van der Waals surface area contributed by atoms with E-state index in [1.54, 1.807) is 30.3 Å². The Balaban J connectivity index is 1.71. The molecule has 1 saturated carbocycles. The van der Waals surface area contributed by atoms with Crippen molar-refractivity contribution in [3.05, 3.63) is 75.8 Å². The number of nitro groups is 1. The number of hydrogen-bond donors (Lipinski definition) is 0. The lowest BCUT2D eigenvalue weighted by atomic mass is 9.76. The van der Waals surface area contributed by atoms with Crippen molar-refractivity contribution >= 4 is 29.2 Å². The summed E-state index contributed by atoms with van der Waals surface area (Å²) in [6.07, 6.45) is 1.88. The maximum absolute atomic E-state index is 13.4. The lowest BCUT2D eigenvalue weighted by Gasteiger charge is -2.30. The Kier molecular flexibility index (Phi) is 6.04. The third kappa shape index (κ3) is 4.26. The molecule has 1 aliphatic carbocycles. The summed E-state index contributed by atoms with van der Waals surface area (Å²) in [5, 5.41) is 12.8. The summed E-state index contributed by atoms with van der Waals surface area (Å²) < 4.78 is 0. The van der Waals surface area contributed by atoms with Crippen LogP contribution in [-0.4, -0.2) is 45.0 Å². The fourth-order valence-corrected chi connectivity index (χ4v) is 4.60. The minimum atomic E-state index is -0.823. The van der Waals surface area contributed by atoms with E-state index in [1.807, 2.05) is 6.92 Å². The minimum absolute atomic E-state index is 0.0890. The molecule has 9 heteroatoms. The van der Waals surface area contributed by atoms with Crippen molar-refractivity contribution in [3.63, 3.8) is 0 Å². The van der Waals surface area contributed by atoms with Gasteiger partial charge in [0.15, 0.2) is 5.78 Å². The van der Waals surface area contributed by atoms with E-state index in [2.05, 4.69) is 0 Å². The van der Waals surface area contributed by atoms with Crippen LogP contribution in [-0.2, 0) is 9.59 Å². The number of rotatable bonds is 6. The molecular formula is C24H23N3O6. The number of nitrogens with zero attached hydrogens (tertiary/aromatic N) is 3. The maximum atomic E-state index is 13.4. The van der Waals surface area contributed by atoms with Crippen LogP contribution in [0, 0.1) is 27.9 Å². The summed E-state index contributed by atoms with van der Waals surface area (Å²) in [7, 11) is 0. The summed E-state index contributed by atoms with van der Waals surface area (Å²) in [4.78, 5) is 63.4. The zero-order valence-electron chi connectivity index (χ0n) is 18.0. The van der Waals surface area contributed by atoms with Crippen molar-refractivity contribution in [2.24, 2.45) is 17.8 Å². The molecule has 1 saturated heterocycles. The zero-order valence-corrected chi connectivity index (χ0v) is 18.0. The molecule has 1 aliphatic heterocycles. The van der Waals surface area contributed by atoms with Gasteiger partial charge in [0.1, 0.15) is 6.54 Å². The molecule has 4 rings (SSSR count). The molecule has 3 amide bonds. The molecule has 2 fully saturated rings. The van der Waals surface area contributed by atoms with E-state index in [1.165, 1.54) is 18.2 Å². The number of carbonyl (C=O) groups is 4. The number of hydrazine groups is 1. The summed E-state index contributed by atoms with van der Waals surface area (Å²) in [5.41, 5.74) is -0.0786. The molecule has 2 aromatic carbocycles. The Morgan fingerprint density at radius 2 is 1.67 bits per heavy atom. The number of Topliss-reactive ketones (excluding diaryl/α,β-unsaturated/α-hetero) is 1. The SMILES string of the molecule is C[C@@H]1CC[C@@H]2C(=O)N(N(CC(=O)c3ccccc3)C(=O)c3cccc([N+](=O)[O-])c3)C(=O)[C@@H]2C1. The largest absolute Gasteiger partial charge is 0.292 e. The molecule has 9 nitrogen and oxygen atoms in total. The molecule has 33 heavy (non-hydrogen) atoms. The lowest BCUT2D eigenvalue weighted by Crippen LogP contribution is -2.52. The Morgan fingerprint density at radius 3 is 2.36 bits per heavy atom. The number of imide groups is 1. The normalized spacial score (nSPS) is 22.1. The highest BCUT2D eigenvalue weighted by Crippen LogP contribution is 2.41. The molecule has 0 N–H and O–H groups in total. The Morgan fingerprint density at radius 1 is 1.00 bits per heavy atom. The van der Waals surface area contributed by atoms with Crippen LogP contribution in [0.2, 0.25) is 0 Å². The second-order valence-corrected chi connectivity index (χ2v) is 8.58. The van der Waals surface area contributed by atoms with Crippen LogP contribution in [0.25, 0.3) is 0 Å². The Hall–Kier alpha value is -3.88. The van der Waals surface area contributed by atoms with Gasteiger partial charge in [-0.2, -0.15) is 5.01 Å². The second-order valence-electron chi connectivity index (χ2n) is 8.58. The van der Waals surface area contributed by atoms with E-state index < -0.39 is 46.8 Å². The van der Waals surface area contributed by atoms with E-state index in [0.29, 0.717) is 18.4 Å². The average Bonchev–Trinajstić information content (AvgIpc) is 3.06. The summed E-state index contributed by atoms with van der Waals surface area (Å²) in [6.45, 7) is 1.47. The lowest BCUT2D eigenvalue weighted by molar-refractivity contribution is -0.384. The van der Waals surface area contributed by atoms with Gasteiger partial charge in [-0.25, -0.2) is 5.01 Å². The molecule has 170 valence electrons. The maximum Gasteiger partial charge on any atom is 0.273 e. The smallest absolute Gasteiger partial charge is 0.273 e. The molecule has 2 aliphatic rings. The fraction of sp³-hybridized carbons (Fsp3) is 0.333. The first-order chi connectivity index (χ1) is 15.8. The zero-order chi connectivity index (χ0) is 23.7. The van der Waals surface area contributed by atoms with Crippen LogP contribution in [0.3, 0.4) is 0 Å². The van der Waals surface area contributed by atoms with Crippen LogP contribution < -0.4 is 0 Å². The van der Waals surface area contributed by atoms with Crippen molar-refractivity contribution in [1.29, 1.82) is 0 Å². The molecule has 0 aromatic heterocycles. The van der Waals surface area contributed by atoms with Gasteiger partial charge in [-0.15, -0.1) is 0 Å². The highest BCUT2D eigenvalue weighted by Gasteiger charge is 2.52. The van der Waals surface area contributed by atoms with E-state index in [9.17, 15) is 29.3 Å². The van der Waals surface area contributed by atoms with Crippen molar-refractivity contribution in [2.45, 2.75) is 26.2 Å². The van der Waals surface area contributed by atoms with Crippen LogP contribution in [0.1, 0.15) is 46.9 Å². The molecule has 0 unspecified atom stereocenters. The van der Waals surface area contributed by atoms with E-state index in [0.717, 1.165) is 22.5 Å². The number of hydrogen-bond acceptors (Lipinski definition) is 6. The van der Waals surface area contributed by atoms with E-state index >= 15 is 0 Å². The van der Waals surface area contributed by atoms with Crippen molar-refractivity contribution in [3.8, 4) is 0 Å². The third-order valence-corrected chi connectivity index (χ3v) is 6.33. The van der Waals surface area contributed by atoms with Gasteiger partial charge in [0.25, 0.3) is 23.4 Å². The van der Waals surface area contributed by atoms with Gasteiger partial charge < -0.3 is 0 Å². The number of fused-ring (bicyclic) bond motifs is 1. The summed E-state index contributed by atoms with van der Waals surface area (Å²) >= 11 is 0. The number of ketones is 1. The number of nitro benzene ring substituents is 1. The van der Waals surface area contributed by atoms with Crippen LogP contribution in [0.4, 0.5) is 5.69 Å². The second kappa shape index (κ2) is 8.93. The number of non-ortho nitro benzene ring substituents is 1. The number of benzene rings is 2. The first kappa shape index (κ1) is 22.3. The predicted octanol–water partition coefficient (Wildman–Crippen LogP) is 3.26. The first-order valence-corrected chi connectivity index (χ1v) is 10.8. The molecule has 0 bridgehead atoms. The monoisotopic (exact) mass is 449 g/mol. The number of carbonyl (C=O) groups excluding carboxylic acids is 4. The van der Waals surface area contributed by atoms with Gasteiger partial charge in [0, 0.05) is 23.3 Å². The van der Waals surface area contributed by atoms with Crippen molar-refractivity contribution in [1.82, 2.24) is 10.0 Å². The van der Waals surface area contributed by atoms with Crippen molar-refractivity contribution < 1.29 is 24.1 Å². The van der Waals surface area contributed by atoms with E-state index in [-0.39, 0.29) is 17.2 Å². The standard InChI is InChI=1S/C24H23N3O6/c1-15-10-11-19-20(12-15)24(31)26(23(19)30)25(14-21(28)16-6-3-2-4-7-16)22(29)17-8-5-9-18(13-17)27(32)33/h2-9,13,15,19-20H,10-12,14H2,1H3/t15-,19+,20-/m1/s1. The summed E-state index contributed by atoms with van der Waals surface area (Å²) in [5.74, 6) is -3.08. The quantitative estimate of drug-likeness (QED) is 0.289. The number of amides is 3. The molecule has 3 atom stereocenters. The van der Waals surface area contributed by atoms with Gasteiger partial charge in [-0.1, -0.05) is 43.3 Å². The molecule has 0 spiro atoms. The van der Waals surface area contributed by atoms with Gasteiger partial charge in [0.05, 0.1) is 16.8 Å². The molecule has 1 heterocycles. The highest BCUT2D eigenvalue weighted by molar-refractivity contribution is 6.09. The van der Waals surface area contributed by atoms with Crippen LogP contribution >= 0.6 is 0 Å². The predicted molar refractivity (Wildman–Crippen MR) is 117 cm³/mol. The highest BCUT2D eigenvalue weighted by atomic mass is 16.6. The fourth-order valence-electron chi connectivity index (χ4n) is 4.60. The molecule has 2 aromatic rings. The van der Waals surface area contributed by atoms with Crippen LogP contribution in [0.15, 0.2) is 54.6 Å². The van der Waals surface area contributed by atoms with Crippen molar-refractivity contribution in [2.75, 3.05) is 6.54 Å². The van der Waals surface area contributed by atoms with E-state index in [4.69, 9.17) is 0 Å². The average molecular weight is 449 g/mol. The third-order valence-electron chi connectivity index (χ3n) is 6.33. The van der Waals surface area contributed by atoms with Gasteiger partial charge in [0.2, 0.25) is 0 Å². The first-order valence-electron chi connectivity index (χ1n) is 10.8. The van der Waals surface area contributed by atoms with Gasteiger partial charge >= 0.3 is 0 Å². The minimum Gasteiger partial charge on any atom is -0.292 e. The Bertz CT molecular complexity index is 1130. The molecule has 0 radical (unpaired) electrons.